The van der Waals surface area contributed by atoms with Gasteiger partial charge in [-0.1, -0.05) is 6.07 Å². The molecule has 156 valence electrons. The molecule has 1 aromatic heterocycles. The monoisotopic (exact) mass is 426 g/mol. The summed E-state index contributed by atoms with van der Waals surface area (Å²) in [7, 11) is -3.58. The molecule has 2 aromatic rings. The van der Waals surface area contributed by atoms with Crippen LogP contribution in [-0.2, 0) is 35.6 Å². The summed E-state index contributed by atoms with van der Waals surface area (Å²) in [5, 5.41) is 16.2. The predicted octanol–water partition coefficient (Wildman–Crippen LogP) is 2.86. The fraction of sp³-hybridized carbons (Fsp3) is 0.450. The molecule has 10 heteroatoms. The Labute approximate surface area is 174 Å². The molecule has 9 nitrogen and oxygen atoms in total. The number of benzene rings is 1. The molecule has 1 aromatic carbocycles. The van der Waals surface area contributed by atoms with Crippen molar-refractivity contribution in [3.63, 3.8) is 0 Å². The first-order valence-corrected chi connectivity index (χ1v) is 11.6. The van der Waals surface area contributed by atoms with Crippen molar-refractivity contribution in [2.75, 3.05) is 11.9 Å². The summed E-state index contributed by atoms with van der Waals surface area (Å²) in [5.41, 5.74) is 5.68. The molecule has 2 aliphatic carbocycles. The average Bonchev–Trinajstić information content (AvgIpc) is 3.46. The Morgan fingerprint density at radius 3 is 2.67 bits per heavy atom. The van der Waals surface area contributed by atoms with Crippen LogP contribution in [0.5, 0.6) is 5.88 Å². The lowest BCUT2D eigenvalue weighted by Gasteiger charge is -2.15. The summed E-state index contributed by atoms with van der Waals surface area (Å²) in [5.74, 6) is 0.272. The van der Waals surface area contributed by atoms with Gasteiger partial charge in [0.15, 0.2) is 21.0 Å². The maximum absolute atomic E-state index is 13.5. The van der Waals surface area contributed by atoms with Crippen molar-refractivity contribution in [1.82, 2.24) is 14.5 Å². The van der Waals surface area contributed by atoms with E-state index >= 15 is 0 Å². The number of fused-ring (bicyclic) bond motifs is 3. The Balaban J connectivity index is 1.53. The second kappa shape index (κ2) is 7.02. The summed E-state index contributed by atoms with van der Waals surface area (Å²) in [6.45, 7) is 2.29. The molecule has 3 aliphatic rings. The largest absolute Gasteiger partial charge is 0.475 e. The van der Waals surface area contributed by atoms with E-state index in [2.05, 4.69) is 25.6 Å². The van der Waals surface area contributed by atoms with Crippen LogP contribution in [0.2, 0.25) is 0 Å². The quantitative estimate of drug-likeness (QED) is 0.577. The number of nitrogens with zero attached hydrogens (tertiary/aromatic N) is 4. The van der Waals surface area contributed by atoms with Crippen LogP contribution in [0.25, 0.3) is 0 Å². The smallest absolute Gasteiger partial charge is 0.355 e. The summed E-state index contributed by atoms with van der Waals surface area (Å²) in [6.07, 6.45) is 8.95. The second-order valence-corrected chi connectivity index (χ2v) is 9.79. The maximum atomic E-state index is 13.5. The lowest BCUT2D eigenvalue weighted by molar-refractivity contribution is 0.260. The Morgan fingerprint density at radius 2 is 2.00 bits per heavy atom. The number of amides is 2. The maximum Gasteiger partial charge on any atom is 0.355 e. The zero-order valence-electron chi connectivity index (χ0n) is 16.6. The summed E-state index contributed by atoms with van der Waals surface area (Å²) in [4.78, 5) is 13.0. The van der Waals surface area contributed by atoms with Gasteiger partial charge in [-0.15, -0.1) is 4.36 Å². The van der Waals surface area contributed by atoms with Crippen molar-refractivity contribution in [3.05, 3.63) is 34.5 Å². The zero-order chi connectivity index (χ0) is 20.9. The molecule has 0 saturated heterocycles. The zero-order valence-corrected chi connectivity index (χ0v) is 17.4. The van der Waals surface area contributed by atoms with Gasteiger partial charge in [0.05, 0.1) is 12.2 Å². The van der Waals surface area contributed by atoms with Gasteiger partial charge in [0.1, 0.15) is 6.61 Å². The summed E-state index contributed by atoms with van der Waals surface area (Å²) < 4.78 is 26.7. The van der Waals surface area contributed by atoms with Crippen LogP contribution in [0.15, 0.2) is 21.5 Å². The van der Waals surface area contributed by atoms with Crippen LogP contribution in [0.4, 0.5) is 10.5 Å². The molecule has 2 atom stereocenters. The number of ether oxygens (including phenoxy) is 1. The molecule has 2 N–H and O–H groups in total. The van der Waals surface area contributed by atoms with Gasteiger partial charge < -0.3 is 10.1 Å². The number of nitriles is 1. The second-order valence-electron chi connectivity index (χ2n) is 7.91. The van der Waals surface area contributed by atoms with Gasteiger partial charge in [-0.25, -0.2) is 18.4 Å². The predicted molar refractivity (Wildman–Crippen MR) is 110 cm³/mol. The highest BCUT2D eigenvalue weighted by Crippen LogP contribution is 2.39. The van der Waals surface area contributed by atoms with E-state index in [9.17, 15) is 9.00 Å². The van der Waals surface area contributed by atoms with E-state index in [0.29, 0.717) is 6.61 Å². The number of anilines is 1. The molecular formula is C20H22N6O3S. The number of nitrogens with one attached hydrogen (secondary N) is 2. The molecule has 0 unspecified atom stereocenters. The van der Waals surface area contributed by atoms with Gasteiger partial charge in [0.25, 0.3) is 0 Å². The lowest BCUT2D eigenvalue weighted by atomic mass is 9.99. The Kier molecular flexibility index (Phi) is 4.43. The van der Waals surface area contributed by atoms with Crippen LogP contribution >= 0.6 is 0 Å². The van der Waals surface area contributed by atoms with Crippen molar-refractivity contribution in [2.24, 2.45) is 4.36 Å². The summed E-state index contributed by atoms with van der Waals surface area (Å²) in [6, 6.07) is 1.50. The van der Waals surface area contributed by atoms with E-state index in [1.807, 2.05) is 6.92 Å². The normalized spacial score (nSPS) is 20.3. The molecule has 0 saturated carbocycles. The molecular weight excluding hydrogens is 404 g/mol. The lowest BCUT2D eigenvalue weighted by Crippen LogP contribution is -2.22. The van der Waals surface area contributed by atoms with E-state index < -0.39 is 15.9 Å². The standard InChI is InChI=1S/C20H22N6O3S/c1-12-10-29-19-17(9-22-26(12)19)30(28,23-11-21)25-20(27)24-18-15-6-2-4-13(15)8-14-5-3-7-16(14)18/h8-9,12H,2-7,10H2,1H3,(H2,23,24,25,27,28)/t12-,30-/m0/s1. The SMILES string of the molecule is C[C@H]1COc2c([S@@](=O)(=NC(=O)Nc3c4c(cc5c3CCC5)CCC4)NC#N)cnn21. The van der Waals surface area contributed by atoms with E-state index in [-0.39, 0.29) is 16.8 Å². The number of aromatic nitrogens is 2. The van der Waals surface area contributed by atoms with Gasteiger partial charge in [-0.3, -0.25) is 0 Å². The Hall–Kier alpha value is -3.06. The van der Waals surface area contributed by atoms with E-state index in [1.54, 1.807) is 10.9 Å². The van der Waals surface area contributed by atoms with Crippen molar-refractivity contribution < 1.29 is 13.7 Å². The fourth-order valence-corrected chi connectivity index (χ4v) is 5.88. The first-order valence-electron chi connectivity index (χ1n) is 10.1. The van der Waals surface area contributed by atoms with Crippen LogP contribution in [0, 0.1) is 11.5 Å². The van der Waals surface area contributed by atoms with E-state index in [1.165, 1.54) is 17.3 Å². The topological polar surface area (TPSA) is 121 Å². The summed E-state index contributed by atoms with van der Waals surface area (Å²) >= 11 is 0. The Bertz CT molecular complexity index is 1190. The minimum atomic E-state index is -3.58. The van der Waals surface area contributed by atoms with Gasteiger partial charge in [0.2, 0.25) is 5.88 Å². The highest BCUT2D eigenvalue weighted by Gasteiger charge is 2.31. The highest BCUT2D eigenvalue weighted by atomic mass is 32.2. The van der Waals surface area contributed by atoms with E-state index in [4.69, 9.17) is 10.00 Å². The minimum absolute atomic E-state index is 0.0252. The minimum Gasteiger partial charge on any atom is -0.475 e. The van der Waals surface area contributed by atoms with E-state index in [0.717, 1.165) is 55.3 Å². The fourth-order valence-electron chi connectivity index (χ4n) is 4.65. The molecule has 1 aliphatic heterocycles. The molecule has 0 bridgehead atoms. The number of carbonyl (C=O) groups is 1. The molecule has 2 amide bonds. The number of hydrogen-bond donors (Lipinski definition) is 2. The number of urea groups is 1. The van der Waals surface area contributed by atoms with Crippen LogP contribution in [0.1, 0.15) is 48.1 Å². The molecule has 30 heavy (non-hydrogen) atoms. The van der Waals surface area contributed by atoms with Gasteiger partial charge in [-0.2, -0.15) is 10.4 Å². The molecule has 0 spiro atoms. The van der Waals surface area contributed by atoms with Crippen LogP contribution in [-0.4, -0.2) is 26.6 Å². The number of carbonyl (C=O) groups excluding carboxylic acids is 1. The highest BCUT2D eigenvalue weighted by molar-refractivity contribution is 7.92. The first kappa shape index (κ1) is 18.9. The third-order valence-corrected chi connectivity index (χ3v) is 7.66. The molecule has 0 radical (unpaired) electrons. The van der Waals surface area contributed by atoms with Crippen molar-refractivity contribution in [1.29, 1.82) is 5.26 Å². The number of hydrogen-bond acceptors (Lipinski definition) is 5. The Morgan fingerprint density at radius 1 is 1.30 bits per heavy atom. The molecule has 5 rings (SSSR count). The van der Waals surface area contributed by atoms with Gasteiger partial charge >= 0.3 is 6.03 Å². The van der Waals surface area contributed by atoms with Crippen molar-refractivity contribution >= 4 is 21.6 Å². The van der Waals surface area contributed by atoms with Crippen molar-refractivity contribution in [2.45, 2.75) is 56.4 Å². The first-order chi connectivity index (χ1) is 14.5. The molecule has 2 heterocycles. The number of rotatable bonds is 3. The third-order valence-electron chi connectivity index (χ3n) is 6.00. The number of aryl methyl sites for hydroxylation is 2. The molecule has 0 fully saturated rings. The van der Waals surface area contributed by atoms with Gasteiger partial charge in [0, 0.05) is 5.69 Å². The van der Waals surface area contributed by atoms with Crippen molar-refractivity contribution in [3.8, 4) is 12.1 Å². The third kappa shape index (κ3) is 2.92. The average molecular weight is 427 g/mol. The van der Waals surface area contributed by atoms with Crippen LogP contribution in [0.3, 0.4) is 0 Å². The van der Waals surface area contributed by atoms with Gasteiger partial charge in [-0.05, 0) is 67.7 Å². The van der Waals surface area contributed by atoms with Crippen LogP contribution < -0.4 is 14.8 Å².